The Balaban J connectivity index is 1.33. The summed E-state index contributed by atoms with van der Waals surface area (Å²) >= 11 is 0. The van der Waals surface area contributed by atoms with Gasteiger partial charge in [-0.05, 0) is 24.3 Å². The van der Waals surface area contributed by atoms with Crippen LogP contribution in [-0.4, -0.2) is 56.9 Å². The zero-order valence-electron chi connectivity index (χ0n) is 16.1. The van der Waals surface area contributed by atoms with Gasteiger partial charge < -0.3 is 15.2 Å². The van der Waals surface area contributed by atoms with E-state index >= 15 is 0 Å². The molecule has 2 N–H and O–H groups in total. The number of rotatable bonds is 4. The summed E-state index contributed by atoms with van der Waals surface area (Å²) in [6.07, 6.45) is 0. The molecule has 1 fully saturated rings. The average Bonchev–Trinajstić information content (AvgIpc) is 2.74. The first-order valence-corrected chi connectivity index (χ1v) is 9.50. The van der Waals surface area contributed by atoms with Crippen LogP contribution in [0.1, 0.15) is 5.82 Å². The molecule has 10 nitrogen and oxygen atoms in total. The number of nitrogens with zero attached hydrogens (tertiary/aromatic N) is 4. The first kappa shape index (κ1) is 19.5. The third kappa shape index (κ3) is 4.28. The second kappa shape index (κ2) is 8.29. The molecule has 0 saturated carbocycles. The lowest BCUT2D eigenvalue weighted by molar-refractivity contribution is -0.384. The molecule has 0 aliphatic carbocycles. The van der Waals surface area contributed by atoms with Gasteiger partial charge >= 0.3 is 6.03 Å². The maximum Gasteiger partial charge on any atom is 0.321 e. The molecule has 0 atom stereocenters. The topological polar surface area (TPSA) is 124 Å². The molecule has 1 aliphatic rings. The molecule has 0 radical (unpaired) electrons. The van der Waals surface area contributed by atoms with Gasteiger partial charge in [0.15, 0.2) is 0 Å². The first-order valence-electron chi connectivity index (χ1n) is 9.50. The van der Waals surface area contributed by atoms with Gasteiger partial charge in [-0.15, -0.1) is 0 Å². The second-order valence-electron chi connectivity index (χ2n) is 7.03. The molecule has 1 aliphatic heterocycles. The van der Waals surface area contributed by atoms with Gasteiger partial charge in [-0.3, -0.25) is 19.8 Å². The quantitative estimate of drug-likeness (QED) is 0.504. The van der Waals surface area contributed by atoms with E-state index in [-0.39, 0.29) is 17.3 Å². The third-order valence-electron chi connectivity index (χ3n) is 5.02. The summed E-state index contributed by atoms with van der Waals surface area (Å²) in [5, 5.41) is 14.0. The Hall–Kier alpha value is -3.79. The third-order valence-corrected chi connectivity index (χ3v) is 5.02. The van der Waals surface area contributed by atoms with Crippen LogP contribution in [0.3, 0.4) is 0 Å². The predicted octanol–water partition coefficient (Wildman–Crippen LogP) is 2.18. The van der Waals surface area contributed by atoms with E-state index in [1.54, 1.807) is 17.0 Å². The Morgan fingerprint density at radius 1 is 1.10 bits per heavy atom. The predicted molar refractivity (Wildman–Crippen MR) is 111 cm³/mol. The van der Waals surface area contributed by atoms with Crippen molar-refractivity contribution in [2.45, 2.75) is 6.54 Å². The van der Waals surface area contributed by atoms with Crippen molar-refractivity contribution >= 4 is 28.3 Å². The fourth-order valence-corrected chi connectivity index (χ4v) is 3.40. The van der Waals surface area contributed by atoms with Gasteiger partial charge in [-0.1, -0.05) is 12.1 Å². The van der Waals surface area contributed by atoms with Gasteiger partial charge in [0.2, 0.25) is 0 Å². The molecule has 0 bridgehead atoms. The minimum absolute atomic E-state index is 0.0260. The Morgan fingerprint density at radius 3 is 2.50 bits per heavy atom. The summed E-state index contributed by atoms with van der Waals surface area (Å²) in [6, 6.07) is 12.7. The van der Waals surface area contributed by atoms with Gasteiger partial charge in [0.05, 0.1) is 22.4 Å². The van der Waals surface area contributed by atoms with Gasteiger partial charge in [-0.25, -0.2) is 9.78 Å². The number of urea groups is 1. The Kier molecular flexibility index (Phi) is 5.40. The number of anilines is 1. The molecular weight excluding hydrogens is 388 g/mol. The maximum atomic E-state index is 12.4. The molecule has 10 heteroatoms. The number of H-pyrrole nitrogens is 1. The molecule has 1 saturated heterocycles. The van der Waals surface area contributed by atoms with Gasteiger partial charge in [-0.2, -0.15) is 0 Å². The highest BCUT2D eigenvalue weighted by Gasteiger charge is 2.22. The molecule has 0 spiro atoms. The summed E-state index contributed by atoms with van der Waals surface area (Å²) in [5.74, 6) is 0.600. The molecule has 2 heterocycles. The number of carbonyl (C=O) groups is 1. The summed E-state index contributed by atoms with van der Waals surface area (Å²) in [6.45, 7) is 2.83. The Morgan fingerprint density at radius 2 is 1.80 bits per heavy atom. The van der Waals surface area contributed by atoms with Crippen LogP contribution in [0.4, 0.5) is 16.2 Å². The van der Waals surface area contributed by atoms with E-state index < -0.39 is 4.92 Å². The molecule has 2 amide bonds. The molecule has 154 valence electrons. The Bertz CT molecular complexity index is 1140. The average molecular weight is 408 g/mol. The van der Waals surface area contributed by atoms with E-state index in [4.69, 9.17) is 0 Å². The van der Waals surface area contributed by atoms with Crippen LogP contribution in [0.5, 0.6) is 0 Å². The van der Waals surface area contributed by atoms with Crippen molar-refractivity contribution < 1.29 is 9.72 Å². The van der Waals surface area contributed by atoms with Crippen LogP contribution < -0.4 is 10.9 Å². The first-order chi connectivity index (χ1) is 14.5. The number of piperazine rings is 1. The summed E-state index contributed by atoms with van der Waals surface area (Å²) in [5.41, 5.74) is 0.988. The van der Waals surface area contributed by atoms with Crippen LogP contribution >= 0.6 is 0 Å². The fourth-order valence-electron chi connectivity index (χ4n) is 3.40. The van der Waals surface area contributed by atoms with E-state index in [0.29, 0.717) is 55.1 Å². The number of aromatic nitrogens is 2. The van der Waals surface area contributed by atoms with E-state index in [1.807, 2.05) is 12.1 Å². The van der Waals surface area contributed by atoms with E-state index in [9.17, 15) is 19.7 Å². The number of aromatic amines is 1. The number of amides is 2. The van der Waals surface area contributed by atoms with E-state index in [0.717, 1.165) is 0 Å². The van der Waals surface area contributed by atoms with Crippen LogP contribution in [0, 0.1) is 10.1 Å². The highest BCUT2D eigenvalue weighted by atomic mass is 16.6. The van der Waals surface area contributed by atoms with Crippen molar-refractivity contribution in [3.8, 4) is 0 Å². The zero-order valence-corrected chi connectivity index (χ0v) is 16.1. The summed E-state index contributed by atoms with van der Waals surface area (Å²) in [7, 11) is 0. The number of fused-ring (bicyclic) bond motifs is 1. The van der Waals surface area contributed by atoms with Crippen LogP contribution in [-0.2, 0) is 6.54 Å². The van der Waals surface area contributed by atoms with Crippen molar-refractivity contribution in [2.75, 3.05) is 31.5 Å². The minimum Gasteiger partial charge on any atom is -0.322 e. The standard InChI is InChI=1S/C20H20N6O4/c27-19-16-3-1-2-4-17(16)22-18(23-19)13-24-9-11-25(12-10-24)20(28)21-14-5-7-15(8-6-14)26(29)30/h1-8H,9-13H2,(H,21,28)(H,22,23,27). The molecule has 2 aromatic carbocycles. The number of nitrogens with one attached hydrogen (secondary N) is 2. The maximum absolute atomic E-state index is 12.4. The number of carbonyl (C=O) groups excluding carboxylic acids is 1. The highest BCUT2D eigenvalue weighted by molar-refractivity contribution is 5.89. The van der Waals surface area contributed by atoms with Crippen molar-refractivity contribution in [2.24, 2.45) is 0 Å². The molecule has 0 unspecified atom stereocenters. The number of nitro groups is 1. The van der Waals surface area contributed by atoms with Crippen molar-refractivity contribution in [1.82, 2.24) is 19.8 Å². The monoisotopic (exact) mass is 408 g/mol. The normalized spacial score (nSPS) is 14.6. The number of para-hydroxylation sites is 1. The van der Waals surface area contributed by atoms with Crippen LogP contribution in [0.2, 0.25) is 0 Å². The summed E-state index contributed by atoms with van der Waals surface area (Å²) < 4.78 is 0. The van der Waals surface area contributed by atoms with E-state index in [2.05, 4.69) is 20.2 Å². The lowest BCUT2D eigenvalue weighted by Gasteiger charge is -2.34. The van der Waals surface area contributed by atoms with E-state index in [1.165, 1.54) is 24.3 Å². The molecule has 4 rings (SSSR count). The second-order valence-corrected chi connectivity index (χ2v) is 7.03. The lowest BCUT2D eigenvalue weighted by Crippen LogP contribution is -2.49. The SMILES string of the molecule is O=C(Nc1ccc([N+](=O)[O-])cc1)N1CCN(Cc2nc3ccccc3c(=O)[nH]2)CC1. The molecule has 30 heavy (non-hydrogen) atoms. The van der Waals surface area contributed by atoms with Crippen molar-refractivity contribution in [1.29, 1.82) is 0 Å². The minimum atomic E-state index is -0.484. The number of benzene rings is 2. The van der Waals surface area contributed by atoms with Crippen LogP contribution in [0.15, 0.2) is 53.3 Å². The number of hydrogen-bond donors (Lipinski definition) is 2. The summed E-state index contributed by atoms with van der Waals surface area (Å²) in [4.78, 5) is 46.0. The van der Waals surface area contributed by atoms with Crippen molar-refractivity contribution in [3.05, 3.63) is 74.8 Å². The number of hydrogen-bond acceptors (Lipinski definition) is 6. The molecule has 1 aromatic heterocycles. The highest BCUT2D eigenvalue weighted by Crippen LogP contribution is 2.16. The largest absolute Gasteiger partial charge is 0.322 e. The zero-order chi connectivity index (χ0) is 21.1. The number of non-ortho nitro benzene ring substituents is 1. The van der Waals surface area contributed by atoms with Gasteiger partial charge in [0.1, 0.15) is 5.82 Å². The molecular formula is C20H20N6O4. The van der Waals surface area contributed by atoms with Crippen LogP contribution in [0.25, 0.3) is 10.9 Å². The number of nitro benzene ring substituents is 1. The van der Waals surface area contributed by atoms with Gasteiger partial charge in [0.25, 0.3) is 11.2 Å². The lowest BCUT2D eigenvalue weighted by atomic mass is 10.2. The smallest absolute Gasteiger partial charge is 0.321 e. The molecule has 3 aromatic rings. The fraction of sp³-hybridized carbons (Fsp3) is 0.250. The van der Waals surface area contributed by atoms with Gasteiger partial charge in [0, 0.05) is 44.0 Å². The Labute approximate surface area is 171 Å². The van der Waals surface area contributed by atoms with Crippen molar-refractivity contribution in [3.63, 3.8) is 0 Å².